The minimum atomic E-state index is -0.722. The van der Waals surface area contributed by atoms with E-state index in [9.17, 15) is 19.2 Å². The molecule has 39 heavy (non-hydrogen) atoms. The van der Waals surface area contributed by atoms with Crippen molar-refractivity contribution < 1.29 is 33.4 Å². The van der Waals surface area contributed by atoms with Crippen molar-refractivity contribution in [2.75, 3.05) is 40.3 Å². The Labute approximate surface area is 230 Å². The number of nitrogens with zero attached hydrogens (tertiary/aromatic N) is 3. The van der Waals surface area contributed by atoms with Gasteiger partial charge in [-0.1, -0.05) is 30.3 Å². The van der Waals surface area contributed by atoms with Crippen LogP contribution < -0.4 is 5.32 Å². The third-order valence-corrected chi connectivity index (χ3v) is 6.73. The number of piperidine rings is 2. The molecule has 4 amide bonds. The summed E-state index contributed by atoms with van der Waals surface area (Å²) in [6.45, 7) is 7.26. The Hall–Kier alpha value is -3.34. The average molecular weight is 547 g/mol. The molecule has 11 nitrogen and oxygen atoms in total. The van der Waals surface area contributed by atoms with Gasteiger partial charge in [-0.2, -0.15) is 0 Å². The maximum atomic E-state index is 13.1. The number of amides is 4. The summed E-state index contributed by atoms with van der Waals surface area (Å²) in [5.74, 6) is -1.38. The molecule has 0 radical (unpaired) electrons. The Morgan fingerprint density at radius 2 is 1.64 bits per heavy atom. The number of hydrogen-bond acceptors (Lipinski definition) is 7. The summed E-state index contributed by atoms with van der Waals surface area (Å²) < 4.78 is 17.3. The van der Waals surface area contributed by atoms with Gasteiger partial charge in [0.1, 0.15) is 12.2 Å². The molecule has 0 aliphatic carbocycles. The molecule has 216 valence electrons. The molecule has 2 aliphatic rings. The van der Waals surface area contributed by atoms with Crippen molar-refractivity contribution in [3.8, 4) is 0 Å². The standard InChI is InChI=1S/C28H42N4O7/c1-28(2,3)39-26(35)31-16-13-21(14-17-31)37-19-23-22(29-24(33)25(34)30(4)5)12-9-15-32(23)27(36)38-18-20-10-7-6-8-11-20/h6-8,10-11,21-23H,9,12-19H2,1-5H3,(H,29,33)/t22-,23-/m1/s1. The first-order valence-corrected chi connectivity index (χ1v) is 13.5. The zero-order valence-electron chi connectivity index (χ0n) is 23.7. The van der Waals surface area contributed by atoms with Crippen LogP contribution in [-0.2, 0) is 30.4 Å². The number of benzene rings is 1. The molecule has 2 fully saturated rings. The van der Waals surface area contributed by atoms with Gasteiger partial charge in [-0.3, -0.25) is 9.59 Å². The molecule has 2 saturated heterocycles. The molecule has 0 unspecified atom stereocenters. The predicted octanol–water partition coefficient (Wildman–Crippen LogP) is 2.78. The predicted molar refractivity (Wildman–Crippen MR) is 144 cm³/mol. The summed E-state index contributed by atoms with van der Waals surface area (Å²) in [4.78, 5) is 54.8. The van der Waals surface area contributed by atoms with Crippen LogP contribution in [0.4, 0.5) is 9.59 Å². The highest BCUT2D eigenvalue weighted by molar-refractivity contribution is 6.34. The Morgan fingerprint density at radius 1 is 0.974 bits per heavy atom. The van der Waals surface area contributed by atoms with E-state index in [1.165, 1.54) is 19.0 Å². The summed E-state index contributed by atoms with van der Waals surface area (Å²) >= 11 is 0. The molecular weight excluding hydrogens is 504 g/mol. The van der Waals surface area contributed by atoms with Gasteiger partial charge in [-0.25, -0.2) is 9.59 Å². The number of hydrogen-bond donors (Lipinski definition) is 1. The topological polar surface area (TPSA) is 118 Å². The SMILES string of the molecule is CN(C)C(=O)C(=O)N[C@@H]1CCCN(C(=O)OCc2ccccc2)[C@@H]1COC1CCN(C(=O)OC(C)(C)C)CC1. The summed E-state index contributed by atoms with van der Waals surface area (Å²) in [5, 5.41) is 2.81. The molecule has 0 bridgehead atoms. The van der Waals surface area contributed by atoms with Crippen molar-refractivity contribution in [1.29, 1.82) is 0 Å². The van der Waals surface area contributed by atoms with Crippen molar-refractivity contribution in [2.24, 2.45) is 0 Å². The van der Waals surface area contributed by atoms with Gasteiger partial charge in [0.25, 0.3) is 0 Å². The van der Waals surface area contributed by atoms with Gasteiger partial charge in [0, 0.05) is 33.7 Å². The zero-order valence-corrected chi connectivity index (χ0v) is 23.7. The molecule has 0 aromatic heterocycles. The minimum Gasteiger partial charge on any atom is -0.445 e. The first-order valence-electron chi connectivity index (χ1n) is 13.5. The summed E-state index contributed by atoms with van der Waals surface area (Å²) in [6, 6.07) is 8.42. The van der Waals surface area contributed by atoms with Gasteiger partial charge < -0.3 is 34.2 Å². The monoisotopic (exact) mass is 546 g/mol. The Morgan fingerprint density at radius 3 is 2.26 bits per heavy atom. The highest BCUT2D eigenvalue weighted by Gasteiger charge is 2.38. The lowest BCUT2D eigenvalue weighted by Gasteiger charge is -2.41. The molecule has 0 saturated carbocycles. The Balaban J connectivity index is 1.63. The van der Waals surface area contributed by atoms with Crippen molar-refractivity contribution in [2.45, 2.75) is 76.9 Å². The van der Waals surface area contributed by atoms with Gasteiger partial charge >= 0.3 is 24.0 Å². The zero-order chi connectivity index (χ0) is 28.6. The average Bonchev–Trinajstić information content (AvgIpc) is 2.90. The summed E-state index contributed by atoms with van der Waals surface area (Å²) in [6.07, 6.45) is 1.54. The number of nitrogens with one attached hydrogen (secondary N) is 1. The molecule has 3 rings (SSSR count). The quantitative estimate of drug-likeness (QED) is 0.545. The van der Waals surface area contributed by atoms with E-state index in [1.807, 2.05) is 51.1 Å². The fraction of sp³-hybridized carbons (Fsp3) is 0.643. The van der Waals surface area contributed by atoms with Gasteiger partial charge in [-0.15, -0.1) is 0 Å². The number of likely N-dealkylation sites (N-methyl/N-ethyl adjacent to an activating group) is 1. The van der Waals surface area contributed by atoms with Crippen LogP contribution in [0, 0.1) is 0 Å². The molecule has 2 aliphatic heterocycles. The second kappa shape index (κ2) is 13.6. The van der Waals surface area contributed by atoms with E-state index in [-0.39, 0.29) is 25.4 Å². The van der Waals surface area contributed by atoms with Crippen molar-refractivity contribution in [3.63, 3.8) is 0 Å². The van der Waals surface area contributed by atoms with E-state index in [0.29, 0.717) is 45.3 Å². The maximum absolute atomic E-state index is 13.1. The van der Waals surface area contributed by atoms with E-state index in [1.54, 1.807) is 9.80 Å². The number of ether oxygens (including phenoxy) is 3. The number of likely N-dealkylation sites (tertiary alicyclic amines) is 2. The molecule has 2 atom stereocenters. The van der Waals surface area contributed by atoms with E-state index in [2.05, 4.69) is 5.32 Å². The fourth-order valence-electron chi connectivity index (χ4n) is 4.66. The van der Waals surface area contributed by atoms with Crippen molar-refractivity contribution in [3.05, 3.63) is 35.9 Å². The van der Waals surface area contributed by atoms with Crippen molar-refractivity contribution >= 4 is 24.0 Å². The molecular formula is C28H42N4O7. The van der Waals surface area contributed by atoms with Crippen LogP contribution in [0.2, 0.25) is 0 Å². The normalized spacial score (nSPS) is 20.2. The van der Waals surface area contributed by atoms with E-state index < -0.39 is 35.6 Å². The van der Waals surface area contributed by atoms with Crippen LogP contribution >= 0.6 is 0 Å². The van der Waals surface area contributed by atoms with Crippen LogP contribution in [0.1, 0.15) is 52.0 Å². The second-order valence-corrected chi connectivity index (χ2v) is 11.2. The van der Waals surface area contributed by atoms with E-state index in [0.717, 1.165) is 5.56 Å². The summed E-state index contributed by atoms with van der Waals surface area (Å²) in [7, 11) is 3.03. The molecule has 1 aromatic carbocycles. The third kappa shape index (κ3) is 9.12. The Bertz CT molecular complexity index is 987. The van der Waals surface area contributed by atoms with Crippen LogP contribution in [0.15, 0.2) is 30.3 Å². The van der Waals surface area contributed by atoms with Crippen LogP contribution in [0.5, 0.6) is 0 Å². The first kappa shape index (κ1) is 30.2. The first-order chi connectivity index (χ1) is 18.4. The fourth-order valence-corrected chi connectivity index (χ4v) is 4.66. The van der Waals surface area contributed by atoms with Crippen LogP contribution in [-0.4, -0.2) is 103 Å². The lowest BCUT2D eigenvalue weighted by Crippen LogP contribution is -2.60. The molecule has 1 N–H and O–H groups in total. The van der Waals surface area contributed by atoms with Gasteiger partial charge in [0.2, 0.25) is 0 Å². The largest absolute Gasteiger partial charge is 0.445 e. The minimum absolute atomic E-state index is 0.118. The van der Waals surface area contributed by atoms with Gasteiger partial charge in [0.15, 0.2) is 0 Å². The molecule has 1 aromatic rings. The third-order valence-electron chi connectivity index (χ3n) is 6.73. The van der Waals surface area contributed by atoms with Gasteiger partial charge in [-0.05, 0) is 52.0 Å². The van der Waals surface area contributed by atoms with E-state index in [4.69, 9.17) is 14.2 Å². The van der Waals surface area contributed by atoms with Crippen LogP contribution in [0.25, 0.3) is 0 Å². The maximum Gasteiger partial charge on any atom is 0.410 e. The second-order valence-electron chi connectivity index (χ2n) is 11.2. The Kier molecular flexibility index (Phi) is 10.6. The molecule has 2 heterocycles. The highest BCUT2D eigenvalue weighted by atomic mass is 16.6. The number of rotatable bonds is 6. The lowest BCUT2D eigenvalue weighted by molar-refractivity contribution is -0.145. The lowest BCUT2D eigenvalue weighted by atomic mass is 9.96. The smallest absolute Gasteiger partial charge is 0.410 e. The number of carbonyl (C=O) groups excluding carboxylic acids is 4. The molecule has 0 spiro atoms. The van der Waals surface area contributed by atoms with Gasteiger partial charge in [0.05, 0.1) is 24.8 Å². The highest BCUT2D eigenvalue weighted by Crippen LogP contribution is 2.23. The molecule has 11 heteroatoms. The van der Waals surface area contributed by atoms with Crippen molar-refractivity contribution in [1.82, 2.24) is 20.0 Å². The number of carbonyl (C=O) groups is 4. The van der Waals surface area contributed by atoms with Crippen LogP contribution in [0.3, 0.4) is 0 Å². The summed E-state index contributed by atoms with van der Waals surface area (Å²) in [5.41, 5.74) is 0.311. The van der Waals surface area contributed by atoms with E-state index >= 15 is 0 Å².